The molecule has 0 fully saturated rings. The Kier molecular flexibility index (Phi) is 5.31. The lowest BCUT2D eigenvalue weighted by Crippen LogP contribution is -2.16. The second-order valence-electron chi connectivity index (χ2n) is 7.00. The normalized spacial score (nSPS) is 17.0. The first-order valence-electron chi connectivity index (χ1n) is 9.39. The molecule has 0 saturated carbocycles. The van der Waals surface area contributed by atoms with Crippen molar-refractivity contribution < 1.29 is 0 Å². The zero-order valence-electron chi connectivity index (χ0n) is 15.9. The second-order valence-corrected chi connectivity index (χ2v) is 7.91. The average Bonchev–Trinajstić information content (AvgIpc) is 2.78. The minimum absolute atomic E-state index is 0.886. The summed E-state index contributed by atoms with van der Waals surface area (Å²) in [6.07, 6.45) is 7.37. The molecule has 28 heavy (non-hydrogen) atoms. The molecule has 0 bridgehead atoms. The van der Waals surface area contributed by atoms with Gasteiger partial charge in [0.05, 0.1) is 0 Å². The Bertz CT molecular complexity index is 1060. The van der Waals surface area contributed by atoms with Crippen LogP contribution >= 0.6 is 15.9 Å². The van der Waals surface area contributed by atoms with Crippen molar-refractivity contribution in [3.63, 3.8) is 0 Å². The van der Waals surface area contributed by atoms with E-state index >= 15 is 0 Å². The minimum atomic E-state index is 0.886. The van der Waals surface area contributed by atoms with Crippen LogP contribution in [0.3, 0.4) is 0 Å². The van der Waals surface area contributed by atoms with Crippen LogP contribution in [0.2, 0.25) is 0 Å². The third kappa shape index (κ3) is 3.88. The van der Waals surface area contributed by atoms with E-state index in [2.05, 4.69) is 119 Å². The first-order chi connectivity index (χ1) is 13.6. The number of rotatable bonds is 2. The molecule has 1 aliphatic rings. The van der Waals surface area contributed by atoms with Crippen LogP contribution in [-0.4, -0.2) is 0 Å². The van der Waals surface area contributed by atoms with Crippen LogP contribution in [0.1, 0.15) is 12.5 Å². The van der Waals surface area contributed by atoms with Crippen LogP contribution in [0.5, 0.6) is 0 Å². The maximum Gasteiger partial charge on any atom is 0.0497 e. The molecule has 0 amide bonds. The Balaban J connectivity index is 1.79. The van der Waals surface area contributed by atoms with E-state index in [-0.39, 0.29) is 0 Å². The molecule has 1 heterocycles. The van der Waals surface area contributed by atoms with Gasteiger partial charge in [-0.05, 0) is 66.4 Å². The molecule has 138 valence electrons. The van der Waals surface area contributed by atoms with Crippen molar-refractivity contribution >= 4 is 27.3 Å². The molecule has 1 aliphatic heterocycles. The molecule has 0 atom stereocenters. The zero-order valence-corrected chi connectivity index (χ0v) is 17.5. The van der Waals surface area contributed by atoms with Crippen LogP contribution in [0.25, 0.3) is 11.1 Å². The predicted molar refractivity (Wildman–Crippen MR) is 124 cm³/mol. The maximum absolute atomic E-state index is 4.35. The smallest absolute Gasteiger partial charge is 0.0497 e. The molecule has 3 aromatic rings. The number of hydrogen-bond acceptors (Lipinski definition) is 1. The van der Waals surface area contributed by atoms with E-state index in [0.717, 1.165) is 28.0 Å². The number of benzene rings is 3. The molecule has 0 spiro atoms. The monoisotopic (exact) mass is 427 g/mol. The minimum Gasteiger partial charge on any atom is -0.311 e. The van der Waals surface area contributed by atoms with Gasteiger partial charge in [0.15, 0.2) is 0 Å². The fourth-order valence-corrected chi connectivity index (χ4v) is 3.88. The standard InChI is InChI=1S/C26H22BrN/c1-19-8-10-20(2)28(26-17-14-24(27)18-23(26)11-9-19)25-15-12-22(13-16-25)21-6-4-3-5-7-21/h3-10,12-18H,2,11H2,1H3/b10-8-,19-9-. The molecule has 1 nitrogen and oxygen atoms in total. The zero-order chi connectivity index (χ0) is 19.5. The number of halogens is 1. The SMILES string of the molecule is C=C1/C=C\C(C)=C/Cc2cc(Br)ccc2N1c1ccc(-c2ccccc2)cc1. The topological polar surface area (TPSA) is 3.24 Å². The van der Waals surface area contributed by atoms with Crippen molar-refractivity contribution in [2.45, 2.75) is 13.3 Å². The van der Waals surface area contributed by atoms with Gasteiger partial charge in [-0.15, -0.1) is 0 Å². The van der Waals surface area contributed by atoms with Gasteiger partial charge < -0.3 is 4.90 Å². The molecule has 0 aliphatic carbocycles. The lowest BCUT2D eigenvalue weighted by atomic mass is 10.0. The van der Waals surface area contributed by atoms with Gasteiger partial charge in [-0.3, -0.25) is 0 Å². The Morgan fingerprint density at radius 2 is 1.57 bits per heavy atom. The van der Waals surface area contributed by atoms with Crippen molar-refractivity contribution in [1.82, 2.24) is 0 Å². The lowest BCUT2D eigenvalue weighted by molar-refractivity contribution is 1.16. The van der Waals surface area contributed by atoms with E-state index in [9.17, 15) is 0 Å². The molecule has 0 radical (unpaired) electrons. The second kappa shape index (κ2) is 8.04. The first-order valence-corrected chi connectivity index (χ1v) is 10.2. The Morgan fingerprint density at radius 1 is 0.857 bits per heavy atom. The van der Waals surface area contributed by atoms with Crippen molar-refractivity contribution in [2.75, 3.05) is 4.90 Å². The van der Waals surface area contributed by atoms with Gasteiger partial charge in [0.1, 0.15) is 0 Å². The number of fused-ring (bicyclic) bond motifs is 1. The fraction of sp³-hybridized carbons (Fsp3) is 0.0769. The summed E-state index contributed by atoms with van der Waals surface area (Å²) < 4.78 is 1.09. The number of hydrogen-bond donors (Lipinski definition) is 0. The Hall–Kier alpha value is -2.84. The highest BCUT2D eigenvalue weighted by molar-refractivity contribution is 9.10. The van der Waals surface area contributed by atoms with E-state index < -0.39 is 0 Å². The Labute approximate surface area is 175 Å². The van der Waals surface area contributed by atoms with Gasteiger partial charge in [-0.25, -0.2) is 0 Å². The molecular formula is C26H22BrN. The summed E-state index contributed by atoms with van der Waals surface area (Å²) in [4.78, 5) is 2.24. The summed E-state index contributed by atoms with van der Waals surface area (Å²) in [5.41, 5.74) is 8.17. The highest BCUT2D eigenvalue weighted by atomic mass is 79.9. The summed E-state index contributed by atoms with van der Waals surface area (Å²) >= 11 is 3.62. The van der Waals surface area contributed by atoms with E-state index in [1.807, 2.05) is 6.07 Å². The largest absolute Gasteiger partial charge is 0.311 e. The van der Waals surface area contributed by atoms with Gasteiger partial charge in [0, 0.05) is 21.5 Å². The molecule has 0 aromatic heterocycles. The third-order valence-electron chi connectivity index (χ3n) is 4.98. The third-order valence-corrected chi connectivity index (χ3v) is 5.48. The number of anilines is 2. The fourth-order valence-electron chi connectivity index (χ4n) is 3.47. The molecule has 0 N–H and O–H groups in total. The summed E-state index contributed by atoms with van der Waals surface area (Å²) in [5.74, 6) is 0. The van der Waals surface area contributed by atoms with Gasteiger partial charge >= 0.3 is 0 Å². The van der Waals surface area contributed by atoms with Gasteiger partial charge in [0.2, 0.25) is 0 Å². The number of allylic oxidation sites excluding steroid dienone is 4. The summed E-state index contributed by atoms with van der Waals surface area (Å²) in [5, 5.41) is 0. The van der Waals surface area contributed by atoms with Crippen LogP contribution < -0.4 is 4.90 Å². The lowest BCUT2D eigenvalue weighted by Gasteiger charge is -2.28. The molecular weight excluding hydrogens is 406 g/mol. The van der Waals surface area contributed by atoms with E-state index in [0.29, 0.717) is 0 Å². The van der Waals surface area contributed by atoms with Crippen molar-refractivity contribution in [1.29, 1.82) is 0 Å². The molecule has 4 rings (SSSR count). The summed E-state index contributed by atoms with van der Waals surface area (Å²) in [6, 6.07) is 25.6. The Morgan fingerprint density at radius 3 is 2.32 bits per heavy atom. The maximum atomic E-state index is 4.35. The highest BCUT2D eigenvalue weighted by Crippen LogP contribution is 2.36. The van der Waals surface area contributed by atoms with E-state index in [4.69, 9.17) is 0 Å². The predicted octanol–water partition coefficient (Wildman–Crippen LogP) is 7.83. The quantitative estimate of drug-likeness (QED) is 0.402. The van der Waals surface area contributed by atoms with Gasteiger partial charge in [-0.1, -0.05) is 82.7 Å². The van der Waals surface area contributed by atoms with Crippen molar-refractivity contribution in [3.8, 4) is 11.1 Å². The van der Waals surface area contributed by atoms with E-state index in [1.165, 1.54) is 22.3 Å². The van der Waals surface area contributed by atoms with Gasteiger partial charge in [0.25, 0.3) is 0 Å². The van der Waals surface area contributed by atoms with E-state index in [1.54, 1.807) is 0 Å². The molecule has 0 unspecified atom stereocenters. The van der Waals surface area contributed by atoms with Crippen LogP contribution in [0, 0.1) is 0 Å². The van der Waals surface area contributed by atoms with Crippen molar-refractivity contribution in [2.24, 2.45) is 0 Å². The molecule has 3 aromatic carbocycles. The highest BCUT2D eigenvalue weighted by Gasteiger charge is 2.16. The summed E-state index contributed by atoms with van der Waals surface area (Å²) in [6.45, 7) is 6.48. The molecule has 0 saturated heterocycles. The molecule has 2 heteroatoms. The van der Waals surface area contributed by atoms with Gasteiger partial charge in [-0.2, -0.15) is 0 Å². The number of nitrogens with zero attached hydrogens (tertiary/aromatic N) is 1. The summed E-state index contributed by atoms with van der Waals surface area (Å²) in [7, 11) is 0. The van der Waals surface area contributed by atoms with Crippen LogP contribution in [-0.2, 0) is 6.42 Å². The van der Waals surface area contributed by atoms with Crippen molar-refractivity contribution in [3.05, 3.63) is 119 Å². The first kappa shape index (κ1) is 18.5. The average molecular weight is 428 g/mol. The van der Waals surface area contributed by atoms with Crippen LogP contribution in [0.15, 0.2) is 113 Å². The van der Waals surface area contributed by atoms with Crippen LogP contribution in [0.4, 0.5) is 11.4 Å².